The van der Waals surface area contributed by atoms with Gasteiger partial charge < -0.3 is 15.8 Å². The number of nitrogens with two attached hydrogens (primary N) is 1. The van der Waals surface area contributed by atoms with Gasteiger partial charge in [-0.15, -0.1) is 11.3 Å². The monoisotopic (exact) mass is 542 g/mol. The van der Waals surface area contributed by atoms with Crippen LogP contribution in [0.1, 0.15) is 27.5 Å². The normalized spacial score (nSPS) is 11.7. The van der Waals surface area contributed by atoms with Gasteiger partial charge in [0.1, 0.15) is 10.8 Å². The first-order valence-electron chi connectivity index (χ1n) is 11.3. The number of thiazole rings is 1. The number of fused-ring (bicyclic) bond motifs is 1. The van der Waals surface area contributed by atoms with Crippen LogP contribution in [0.25, 0.3) is 10.8 Å². The van der Waals surface area contributed by atoms with Crippen molar-refractivity contribution in [2.45, 2.75) is 32.7 Å². The van der Waals surface area contributed by atoms with E-state index in [0.29, 0.717) is 23.6 Å². The molecule has 0 fully saturated rings. The molecule has 0 radical (unpaired) electrons. The first-order valence-corrected chi connectivity index (χ1v) is 12.2. The van der Waals surface area contributed by atoms with E-state index in [9.17, 15) is 18.0 Å². The molecule has 0 aliphatic rings. The highest BCUT2D eigenvalue weighted by atomic mass is 32.1. The van der Waals surface area contributed by atoms with Gasteiger partial charge in [0.15, 0.2) is 5.75 Å². The molecule has 4 aromatic heterocycles. The third-order valence-corrected chi connectivity index (χ3v) is 6.36. The van der Waals surface area contributed by atoms with Crippen LogP contribution in [-0.4, -0.2) is 35.6 Å². The molecule has 14 heteroatoms. The first-order chi connectivity index (χ1) is 18.1. The van der Waals surface area contributed by atoms with Gasteiger partial charge in [-0.05, 0) is 35.6 Å². The van der Waals surface area contributed by atoms with Crippen LogP contribution >= 0.6 is 11.3 Å². The number of benzene rings is 1. The average molecular weight is 543 g/mol. The Kier molecular flexibility index (Phi) is 6.72. The van der Waals surface area contributed by atoms with E-state index in [0.717, 1.165) is 32.2 Å². The van der Waals surface area contributed by atoms with Crippen LogP contribution in [0.4, 0.5) is 23.8 Å². The lowest BCUT2D eigenvalue weighted by Crippen LogP contribution is -2.27. The van der Waals surface area contributed by atoms with Crippen molar-refractivity contribution in [3.8, 4) is 5.75 Å². The molecule has 1 aromatic carbocycles. The number of carbonyl (C=O) groups excluding carboxylic acids is 1. The molecule has 3 N–H and O–H groups in total. The zero-order chi connectivity index (χ0) is 26.9. The van der Waals surface area contributed by atoms with E-state index in [-0.39, 0.29) is 13.1 Å². The first kappa shape index (κ1) is 25.2. The molecule has 38 heavy (non-hydrogen) atoms. The van der Waals surface area contributed by atoms with E-state index in [1.807, 2.05) is 13.1 Å². The number of nitrogens with one attached hydrogen (secondary N) is 1. The molecular weight excluding hydrogens is 521 g/mol. The Morgan fingerprint density at radius 3 is 2.79 bits per heavy atom. The van der Waals surface area contributed by atoms with Crippen molar-refractivity contribution in [2.24, 2.45) is 0 Å². The van der Waals surface area contributed by atoms with Crippen LogP contribution < -0.4 is 15.8 Å². The molecule has 10 nitrogen and oxygen atoms in total. The molecule has 0 unspecified atom stereocenters. The number of anilines is 1. The molecule has 4 heterocycles. The minimum Gasteiger partial charge on any atom is -0.406 e. The van der Waals surface area contributed by atoms with E-state index >= 15 is 0 Å². The van der Waals surface area contributed by atoms with Crippen molar-refractivity contribution < 1.29 is 22.7 Å². The summed E-state index contributed by atoms with van der Waals surface area (Å²) in [5.74, 6) is -0.324. The number of carbonyl (C=O) groups is 1. The number of pyridine rings is 1. The zero-order valence-electron chi connectivity index (χ0n) is 19.9. The van der Waals surface area contributed by atoms with Crippen LogP contribution in [0.3, 0.4) is 0 Å². The largest absolute Gasteiger partial charge is 0.438 e. The molecule has 0 aliphatic carbocycles. The fourth-order valence-corrected chi connectivity index (χ4v) is 4.55. The molecule has 1 amide bonds. The summed E-state index contributed by atoms with van der Waals surface area (Å²) in [6.45, 7) is 2.37. The molecule has 5 rings (SSSR count). The minimum atomic E-state index is -4.82. The number of nitrogens with zero attached hydrogens (tertiary/aromatic N) is 6. The summed E-state index contributed by atoms with van der Waals surface area (Å²) in [6, 6.07) is 7.05. The van der Waals surface area contributed by atoms with Gasteiger partial charge in [-0.2, -0.15) is 23.4 Å². The Morgan fingerprint density at radius 1 is 1.18 bits per heavy atom. The van der Waals surface area contributed by atoms with Gasteiger partial charge in [-0.25, -0.2) is 14.8 Å². The van der Waals surface area contributed by atoms with Gasteiger partial charge in [0.2, 0.25) is 5.69 Å². The summed E-state index contributed by atoms with van der Waals surface area (Å²) in [5.41, 5.74) is 6.77. The number of ether oxygens (including phenoxy) is 1. The fourth-order valence-electron chi connectivity index (χ4n) is 3.78. The Bertz CT molecular complexity index is 1610. The minimum absolute atomic E-state index is 0.0300. The van der Waals surface area contributed by atoms with Gasteiger partial charge in [-0.3, -0.25) is 9.36 Å². The summed E-state index contributed by atoms with van der Waals surface area (Å²) in [7, 11) is 0. The van der Waals surface area contributed by atoms with Gasteiger partial charge in [0.25, 0.3) is 0 Å². The SMILES string of the molecule is Cc1cnn(Cc2nc(Cn3cc(OC(=O)NCc4ccc5c(N)nccc5c4)c(C(F)(F)F)n3)cs2)c1. The molecule has 5 aromatic rings. The Labute approximate surface area is 217 Å². The lowest BCUT2D eigenvalue weighted by molar-refractivity contribution is -0.142. The third-order valence-electron chi connectivity index (χ3n) is 5.48. The van der Waals surface area contributed by atoms with Crippen molar-refractivity contribution in [3.63, 3.8) is 0 Å². The predicted octanol–water partition coefficient (Wildman–Crippen LogP) is 4.38. The van der Waals surface area contributed by atoms with E-state index in [2.05, 4.69) is 25.5 Å². The molecule has 0 aliphatic heterocycles. The van der Waals surface area contributed by atoms with Gasteiger partial charge in [0, 0.05) is 29.7 Å². The Balaban J connectivity index is 1.25. The number of rotatable bonds is 7. The number of hydrogen-bond donors (Lipinski definition) is 2. The summed E-state index contributed by atoms with van der Waals surface area (Å²) in [4.78, 5) is 20.8. The molecule has 0 bridgehead atoms. The van der Waals surface area contributed by atoms with Crippen LogP contribution in [0.5, 0.6) is 5.75 Å². The quantitative estimate of drug-likeness (QED) is 0.313. The lowest BCUT2D eigenvalue weighted by atomic mass is 10.1. The average Bonchev–Trinajstić information content (AvgIpc) is 3.58. The van der Waals surface area contributed by atoms with Crippen molar-refractivity contribution >= 4 is 34.0 Å². The number of nitrogen functional groups attached to an aromatic ring is 1. The zero-order valence-corrected chi connectivity index (χ0v) is 20.8. The highest BCUT2D eigenvalue weighted by Crippen LogP contribution is 2.35. The standard InChI is InChI=1S/C24H21F3N8O2S/c1-14-7-31-34(9-14)12-20-32-17(13-38-20)10-35-11-19(21(33-35)24(25,26)27)37-23(36)30-8-15-2-3-18-16(6-15)4-5-29-22(18)28/h2-7,9,11,13H,8,10,12H2,1H3,(H2,28,29)(H,30,36). The van der Waals surface area contributed by atoms with Gasteiger partial charge in [-0.1, -0.05) is 12.1 Å². The van der Waals surface area contributed by atoms with E-state index < -0.39 is 23.7 Å². The van der Waals surface area contributed by atoms with Crippen LogP contribution in [-0.2, 0) is 25.8 Å². The number of aromatic nitrogens is 6. The summed E-state index contributed by atoms with van der Waals surface area (Å²) in [6.07, 6.45) is 0.320. The Morgan fingerprint density at radius 2 is 2.03 bits per heavy atom. The van der Waals surface area contributed by atoms with Crippen molar-refractivity contribution in [1.82, 2.24) is 34.8 Å². The van der Waals surface area contributed by atoms with Crippen molar-refractivity contribution in [3.05, 3.63) is 82.0 Å². The van der Waals surface area contributed by atoms with Crippen LogP contribution in [0.2, 0.25) is 0 Å². The second-order valence-electron chi connectivity index (χ2n) is 8.48. The Hall–Kier alpha value is -4.46. The maximum absolute atomic E-state index is 13.6. The van der Waals surface area contributed by atoms with E-state index in [1.54, 1.807) is 46.7 Å². The predicted molar refractivity (Wildman–Crippen MR) is 134 cm³/mol. The molecule has 0 saturated heterocycles. The number of alkyl halides is 3. The van der Waals surface area contributed by atoms with Crippen molar-refractivity contribution in [2.75, 3.05) is 5.73 Å². The maximum Gasteiger partial charge on any atom is 0.438 e. The molecule has 0 saturated carbocycles. The molecule has 0 atom stereocenters. The fraction of sp³-hybridized carbons (Fsp3) is 0.208. The van der Waals surface area contributed by atoms with Crippen LogP contribution in [0, 0.1) is 6.92 Å². The topological polar surface area (TPSA) is 126 Å². The lowest BCUT2D eigenvalue weighted by Gasteiger charge is -2.09. The van der Waals surface area contributed by atoms with Gasteiger partial charge >= 0.3 is 12.3 Å². The third kappa shape index (κ3) is 5.75. The highest BCUT2D eigenvalue weighted by Gasteiger charge is 2.39. The molecule has 196 valence electrons. The summed E-state index contributed by atoms with van der Waals surface area (Å²) < 4.78 is 48.6. The summed E-state index contributed by atoms with van der Waals surface area (Å²) in [5, 5.41) is 14.3. The summed E-state index contributed by atoms with van der Waals surface area (Å²) >= 11 is 1.36. The van der Waals surface area contributed by atoms with Crippen LogP contribution in [0.15, 0.2) is 54.4 Å². The number of halogens is 3. The second kappa shape index (κ2) is 10.1. The number of aryl methyl sites for hydroxylation is 1. The molecular formula is C24H21F3N8O2S. The number of amides is 1. The van der Waals surface area contributed by atoms with E-state index in [4.69, 9.17) is 10.5 Å². The highest BCUT2D eigenvalue weighted by molar-refractivity contribution is 7.09. The van der Waals surface area contributed by atoms with E-state index in [1.165, 1.54) is 11.3 Å². The van der Waals surface area contributed by atoms with Crippen molar-refractivity contribution in [1.29, 1.82) is 0 Å². The maximum atomic E-state index is 13.6. The second-order valence-corrected chi connectivity index (χ2v) is 9.42. The molecule has 0 spiro atoms. The van der Waals surface area contributed by atoms with Gasteiger partial charge in [0.05, 0.1) is 31.2 Å². The smallest absolute Gasteiger partial charge is 0.406 e. The number of hydrogen-bond acceptors (Lipinski definition) is 8.